The maximum Gasteiger partial charge on any atom is 0.270 e. The summed E-state index contributed by atoms with van der Waals surface area (Å²) in [5, 5.41) is 11.9. The SMILES string of the molecule is [2H]C([2H])(NC(C([2H])([2H])[2H])(C([2H])([2H])[2H])C([2H])([2H])[2H])[C@H](O)COc1nsnc1N1C([2H])([2H])C([2H])([2H])OC([2H])([2H])C1([2H])[2H]. The zero-order chi connectivity index (χ0) is 31.8. The Kier molecular flexibility index (Phi) is 1.59. The zero-order valence-electron chi connectivity index (χ0n) is 29.3. The number of aromatic nitrogens is 2. The number of nitrogens with one attached hydrogen (secondary N) is 1. The predicted octanol–water partition coefficient (Wildman–Crippen LogP) is 0.502. The van der Waals surface area contributed by atoms with E-state index < -0.39 is 83.1 Å². The third-order valence-electron chi connectivity index (χ3n) is 1.88. The summed E-state index contributed by atoms with van der Waals surface area (Å²) in [4.78, 5) is -0.0927. The lowest BCUT2D eigenvalue weighted by Gasteiger charge is -2.27. The Hall–Kier alpha value is -0.960. The van der Waals surface area contributed by atoms with Crippen LogP contribution in [0.3, 0.4) is 0 Å². The molecule has 7 nitrogen and oxygen atoms in total. The van der Waals surface area contributed by atoms with E-state index in [1.165, 1.54) is 5.32 Å². The Morgan fingerprint density at radius 3 is 3.05 bits per heavy atom. The number of rotatable bonds is 6. The van der Waals surface area contributed by atoms with Gasteiger partial charge in [0.25, 0.3) is 5.88 Å². The average Bonchev–Trinajstić information content (AvgIpc) is 3.12. The minimum Gasteiger partial charge on any atom is -0.472 e. The van der Waals surface area contributed by atoms with E-state index in [0.29, 0.717) is 0 Å². The number of aliphatic hydroxyl groups excluding tert-OH is 1. The number of aliphatic hydroxyl groups is 1. The maximum atomic E-state index is 10.4. The molecule has 1 atom stereocenters. The molecule has 0 aromatic carbocycles. The quantitative estimate of drug-likeness (QED) is 0.784. The van der Waals surface area contributed by atoms with Gasteiger partial charge in [-0.1, -0.05) is 0 Å². The molecule has 0 amide bonds. The van der Waals surface area contributed by atoms with Gasteiger partial charge in [0.1, 0.15) is 12.7 Å². The first kappa shape index (κ1) is 4.53. The molecule has 0 saturated carbocycles. The highest BCUT2D eigenvalue weighted by molar-refractivity contribution is 6.99. The van der Waals surface area contributed by atoms with Crippen LogP contribution in [-0.2, 0) is 4.74 Å². The van der Waals surface area contributed by atoms with Crippen molar-refractivity contribution in [3.8, 4) is 5.88 Å². The van der Waals surface area contributed by atoms with Crippen LogP contribution in [-0.4, -0.2) is 64.7 Å². The Labute approximate surface area is 156 Å². The van der Waals surface area contributed by atoms with E-state index in [0.717, 1.165) is 0 Å². The maximum absolute atomic E-state index is 10.4. The number of anilines is 1. The molecule has 1 aromatic rings. The molecule has 120 valence electrons. The third kappa shape index (κ3) is 5.39. The molecule has 0 unspecified atom stereocenters. The fraction of sp³-hybridized carbons (Fsp3) is 0.846. The molecule has 2 rings (SSSR count). The van der Waals surface area contributed by atoms with Crippen molar-refractivity contribution in [2.75, 3.05) is 44.1 Å². The second-order valence-corrected chi connectivity index (χ2v) is 4.13. The van der Waals surface area contributed by atoms with Gasteiger partial charge in [-0.2, -0.15) is 4.37 Å². The van der Waals surface area contributed by atoms with Crippen LogP contribution in [0.4, 0.5) is 5.82 Å². The highest BCUT2D eigenvalue weighted by Gasteiger charge is 2.21. The van der Waals surface area contributed by atoms with Crippen molar-refractivity contribution < 1.29 is 40.6 Å². The van der Waals surface area contributed by atoms with Crippen molar-refractivity contribution in [1.82, 2.24) is 14.1 Å². The van der Waals surface area contributed by atoms with Crippen LogP contribution in [0.25, 0.3) is 0 Å². The molecular formula is C13H24N4O3S. The topological polar surface area (TPSA) is 79.7 Å². The second kappa shape index (κ2) is 7.35. The fourth-order valence-electron chi connectivity index (χ4n) is 1.09. The fourth-order valence-corrected chi connectivity index (χ4v) is 1.58. The van der Waals surface area contributed by atoms with E-state index in [-0.39, 0.29) is 16.6 Å². The minimum absolute atomic E-state index is 0.0927. The number of hydrogen-bond donors (Lipinski definition) is 2. The number of hydrogen-bond acceptors (Lipinski definition) is 8. The number of ether oxygens (including phenoxy) is 2. The zero-order valence-corrected chi connectivity index (χ0v) is 11.1. The molecule has 2 heterocycles. The smallest absolute Gasteiger partial charge is 0.270 e. The summed E-state index contributed by atoms with van der Waals surface area (Å²) in [7, 11) is 0. The Morgan fingerprint density at radius 2 is 2.33 bits per heavy atom. The molecule has 1 fully saturated rings. The predicted molar refractivity (Wildman–Crippen MR) is 82.2 cm³/mol. The van der Waals surface area contributed by atoms with Crippen LogP contribution >= 0.6 is 11.7 Å². The molecule has 21 heavy (non-hydrogen) atoms. The lowest BCUT2D eigenvalue weighted by Crippen LogP contribution is -2.42. The molecule has 0 radical (unpaired) electrons. The first-order valence-corrected chi connectivity index (χ1v) is 6.07. The monoisotopic (exact) mass is 335 g/mol. The van der Waals surface area contributed by atoms with E-state index in [2.05, 4.69) is 13.5 Å². The Bertz CT molecular complexity index is 1000. The standard InChI is InChI=1S/C13H24N4O3S/c1-13(2,3)14-8-10(18)9-20-12-11(15-21-16-12)17-4-6-19-7-5-17/h10,14,18H,4-9H2,1-3H3/t10-/m0/s1/i1D3,2D3,3D3,4D2,5D2,6D2,7D2,8D2. The van der Waals surface area contributed by atoms with Crippen LogP contribution in [0, 0.1) is 0 Å². The first-order valence-electron chi connectivity index (χ1n) is 14.8. The molecule has 0 bridgehead atoms. The minimum atomic E-state index is -3.87. The van der Waals surface area contributed by atoms with Gasteiger partial charge < -0.3 is 24.8 Å². The van der Waals surface area contributed by atoms with Crippen LogP contribution in [0.1, 0.15) is 46.6 Å². The van der Waals surface area contributed by atoms with E-state index in [4.69, 9.17) is 30.8 Å². The summed E-state index contributed by atoms with van der Waals surface area (Å²) < 4.78 is 164. The van der Waals surface area contributed by atoms with E-state index in [9.17, 15) is 5.11 Å². The van der Waals surface area contributed by atoms with Gasteiger partial charge >= 0.3 is 0 Å². The molecule has 0 aliphatic carbocycles. The molecule has 1 aliphatic rings. The van der Waals surface area contributed by atoms with Gasteiger partial charge in [0, 0.05) is 40.1 Å². The molecule has 2 N–H and O–H groups in total. The van der Waals surface area contributed by atoms with Gasteiger partial charge in [0.15, 0.2) is 0 Å². The molecular weight excluding hydrogens is 292 g/mol. The summed E-state index contributed by atoms with van der Waals surface area (Å²) in [6, 6.07) is 0. The van der Waals surface area contributed by atoms with E-state index >= 15 is 0 Å². The lowest BCUT2D eigenvalue weighted by molar-refractivity contribution is 0.0975. The van der Waals surface area contributed by atoms with Crippen LogP contribution in [0.15, 0.2) is 0 Å². The third-order valence-corrected chi connectivity index (χ3v) is 2.38. The largest absolute Gasteiger partial charge is 0.472 e. The highest BCUT2D eigenvalue weighted by atomic mass is 32.1. The van der Waals surface area contributed by atoms with Gasteiger partial charge in [-0.25, -0.2) is 0 Å². The molecule has 1 aromatic heterocycles. The number of morpholine rings is 1. The average molecular weight is 336 g/mol. The molecule has 0 spiro atoms. The van der Waals surface area contributed by atoms with Crippen LogP contribution in [0.5, 0.6) is 5.88 Å². The van der Waals surface area contributed by atoms with Crippen molar-refractivity contribution in [3.05, 3.63) is 0 Å². The van der Waals surface area contributed by atoms with Crippen molar-refractivity contribution in [2.45, 2.75) is 32.2 Å². The van der Waals surface area contributed by atoms with Gasteiger partial charge in [0.05, 0.1) is 35.8 Å². The molecule has 1 aliphatic heterocycles. The van der Waals surface area contributed by atoms with Gasteiger partial charge in [0.2, 0.25) is 5.82 Å². The Morgan fingerprint density at radius 1 is 1.57 bits per heavy atom. The lowest BCUT2D eigenvalue weighted by atomic mass is 10.1. The van der Waals surface area contributed by atoms with Crippen LogP contribution < -0.4 is 15.0 Å². The second-order valence-electron chi connectivity index (χ2n) is 3.60. The highest BCUT2D eigenvalue weighted by Crippen LogP contribution is 2.26. The van der Waals surface area contributed by atoms with Gasteiger partial charge in [-0.05, 0) is 20.6 Å². The van der Waals surface area contributed by atoms with Gasteiger partial charge in [-0.15, -0.1) is 4.37 Å². The van der Waals surface area contributed by atoms with Crippen molar-refractivity contribution in [1.29, 1.82) is 0 Å². The summed E-state index contributed by atoms with van der Waals surface area (Å²) in [6.45, 7) is -30.2. The summed E-state index contributed by atoms with van der Waals surface area (Å²) >= 11 is 0.241. The Balaban J connectivity index is 2.45. The van der Waals surface area contributed by atoms with E-state index in [1.54, 1.807) is 0 Å². The number of nitrogens with zero attached hydrogens (tertiary/aromatic N) is 3. The summed E-state index contributed by atoms with van der Waals surface area (Å²) in [5.41, 5.74) is -3.87. The van der Waals surface area contributed by atoms with Crippen molar-refractivity contribution in [2.24, 2.45) is 0 Å². The normalized spacial score (nSPS) is 43.3. The summed E-state index contributed by atoms with van der Waals surface area (Å²) in [6.07, 6.45) is -2.55. The molecule has 1 saturated heterocycles. The first-order chi connectivity index (χ1) is 17.4. The van der Waals surface area contributed by atoms with E-state index in [1.807, 2.05) is 0 Å². The van der Waals surface area contributed by atoms with Crippen molar-refractivity contribution >= 4 is 17.5 Å². The van der Waals surface area contributed by atoms with Gasteiger partial charge in [-0.3, -0.25) is 0 Å². The van der Waals surface area contributed by atoms with Crippen LogP contribution in [0.2, 0.25) is 0 Å². The number of β-amino-alcohol motifs (C(OH)–C–C–N with tert-alkyl or cyclic N) is 1. The van der Waals surface area contributed by atoms with Crippen molar-refractivity contribution in [3.63, 3.8) is 0 Å². The molecule has 8 heteroatoms. The summed E-state index contributed by atoms with van der Waals surface area (Å²) in [5.74, 6) is -1.80.